The van der Waals surface area contributed by atoms with Gasteiger partial charge in [0.15, 0.2) is 0 Å². The van der Waals surface area contributed by atoms with E-state index >= 15 is 0 Å². The Morgan fingerprint density at radius 3 is 2.96 bits per heavy atom. The fourth-order valence-corrected chi connectivity index (χ4v) is 4.40. The van der Waals surface area contributed by atoms with Crippen LogP contribution in [0.15, 0.2) is 28.6 Å². The van der Waals surface area contributed by atoms with Gasteiger partial charge in [0.05, 0.1) is 6.10 Å². The molecule has 134 valence electrons. The molecule has 0 unspecified atom stereocenters. The number of ether oxygens (including phenoxy) is 1. The minimum absolute atomic E-state index is 0.108. The van der Waals surface area contributed by atoms with Crippen molar-refractivity contribution < 1.29 is 17.9 Å². The van der Waals surface area contributed by atoms with Crippen LogP contribution in [0.25, 0.3) is 0 Å². The zero-order valence-electron chi connectivity index (χ0n) is 13.6. The van der Waals surface area contributed by atoms with Gasteiger partial charge in [-0.2, -0.15) is 0 Å². The lowest BCUT2D eigenvalue weighted by Gasteiger charge is -2.09. The molecule has 0 radical (unpaired) electrons. The zero-order valence-corrected chi connectivity index (χ0v) is 15.2. The molecule has 10 heteroatoms. The third-order valence-electron chi connectivity index (χ3n) is 3.66. The lowest BCUT2D eigenvalue weighted by atomic mass is 10.1. The fraction of sp³-hybridized carbons (Fsp3) is 0.400. The molecule has 2 aromatic rings. The molecule has 1 aromatic heterocycles. The van der Waals surface area contributed by atoms with Crippen LogP contribution >= 0.6 is 11.3 Å². The second-order valence-electron chi connectivity index (χ2n) is 5.68. The van der Waals surface area contributed by atoms with Gasteiger partial charge >= 0.3 is 0 Å². The quantitative estimate of drug-likeness (QED) is 0.734. The average Bonchev–Trinajstić information content (AvgIpc) is 3.25. The van der Waals surface area contributed by atoms with E-state index in [2.05, 4.69) is 20.2 Å². The lowest BCUT2D eigenvalue weighted by molar-refractivity contribution is 0.102. The Morgan fingerprint density at radius 1 is 1.40 bits per heavy atom. The third-order valence-corrected chi connectivity index (χ3v) is 6.29. The molecule has 1 aliphatic heterocycles. The molecule has 1 fully saturated rings. The maximum atomic E-state index is 12.2. The van der Waals surface area contributed by atoms with Gasteiger partial charge in [0.25, 0.3) is 15.9 Å². The predicted octanol–water partition coefficient (Wildman–Crippen LogP) is 1.56. The summed E-state index contributed by atoms with van der Waals surface area (Å²) in [6.07, 6.45) is 1.65. The Labute approximate surface area is 149 Å². The van der Waals surface area contributed by atoms with Crippen LogP contribution in [0.5, 0.6) is 0 Å². The van der Waals surface area contributed by atoms with Crippen LogP contribution in [0.2, 0.25) is 0 Å². The van der Waals surface area contributed by atoms with Crippen LogP contribution in [-0.4, -0.2) is 43.8 Å². The van der Waals surface area contributed by atoms with E-state index in [0.29, 0.717) is 12.2 Å². The summed E-state index contributed by atoms with van der Waals surface area (Å²) in [5.41, 5.74) is 1.42. The molecule has 3 rings (SSSR count). The van der Waals surface area contributed by atoms with Gasteiger partial charge in [-0.25, -0.2) is 13.1 Å². The monoisotopic (exact) mass is 382 g/mol. The van der Waals surface area contributed by atoms with E-state index in [0.717, 1.165) is 29.7 Å². The number of anilines is 1. The number of aromatic nitrogens is 2. The molecular weight excluding hydrogens is 364 g/mol. The van der Waals surface area contributed by atoms with Crippen LogP contribution in [0.4, 0.5) is 5.13 Å². The number of nitrogens with one attached hydrogen (secondary N) is 2. The fourth-order valence-electron chi connectivity index (χ4n) is 2.39. The molecule has 2 heterocycles. The van der Waals surface area contributed by atoms with Crippen molar-refractivity contribution in [1.29, 1.82) is 0 Å². The Hall–Kier alpha value is -1.88. The van der Waals surface area contributed by atoms with Gasteiger partial charge in [-0.15, -0.1) is 10.2 Å². The van der Waals surface area contributed by atoms with Gasteiger partial charge in [0, 0.05) is 18.7 Å². The number of nitrogens with zero attached hydrogens (tertiary/aromatic N) is 2. The van der Waals surface area contributed by atoms with Crippen molar-refractivity contribution in [1.82, 2.24) is 14.9 Å². The summed E-state index contributed by atoms with van der Waals surface area (Å²) in [5.74, 6) is -0.365. The summed E-state index contributed by atoms with van der Waals surface area (Å²) >= 11 is 0.804. The van der Waals surface area contributed by atoms with Gasteiger partial charge in [0.1, 0.15) is 0 Å². The van der Waals surface area contributed by atoms with Crippen molar-refractivity contribution in [2.45, 2.75) is 30.2 Å². The number of sulfonamides is 1. The van der Waals surface area contributed by atoms with E-state index in [1.54, 1.807) is 18.2 Å². The molecule has 1 saturated heterocycles. The summed E-state index contributed by atoms with van der Waals surface area (Å²) in [6, 6.07) is 7.06. The minimum Gasteiger partial charge on any atom is -0.377 e. The number of benzene rings is 1. The highest BCUT2D eigenvalue weighted by atomic mass is 32.2. The summed E-state index contributed by atoms with van der Waals surface area (Å²) in [6.45, 7) is 2.74. The smallest absolute Gasteiger partial charge is 0.269 e. The molecule has 1 amide bonds. The van der Waals surface area contributed by atoms with Crippen LogP contribution in [0, 0.1) is 6.92 Å². The standard InChI is InChI=1S/C15H18N4O4S2/c1-10-4-2-5-11(8-10)13(20)17-14-18-19-15(24-14)25(21,22)16-9-12-6-3-7-23-12/h2,4-5,8,12,16H,3,6-7,9H2,1H3,(H,17,18,20)/t12-/m1/s1. The van der Waals surface area contributed by atoms with E-state index < -0.39 is 10.0 Å². The number of hydrogen-bond acceptors (Lipinski definition) is 7. The first-order chi connectivity index (χ1) is 11.9. The van der Waals surface area contributed by atoms with Crippen molar-refractivity contribution in [3.05, 3.63) is 35.4 Å². The van der Waals surface area contributed by atoms with Crippen molar-refractivity contribution in [3.63, 3.8) is 0 Å². The van der Waals surface area contributed by atoms with Crippen LogP contribution < -0.4 is 10.0 Å². The largest absolute Gasteiger partial charge is 0.377 e. The van der Waals surface area contributed by atoms with Gasteiger partial charge in [0.2, 0.25) is 9.47 Å². The number of rotatable bonds is 6. The molecule has 1 aromatic carbocycles. The van der Waals surface area contributed by atoms with Crippen molar-refractivity contribution >= 4 is 32.4 Å². The number of carbonyl (C=O) groups excluding carboxylic acids is 1. The van der Waals surface area contributed by atoms with Crippen LogP contribution in [0.3, 0.4) is 0 Å². The maximum Gasteiger partial charge on any atom is 0.269 e. The van der Waals surface area contributed by atoms with Gasteiger partial charge < -0.3 is 4.74 Å². The zero-order chi connectivity index (χ0) is 17.9. The first-order valence-electron chi connectivity index (χ1n) is 7.77. The molecule has 8 nitrogen and oxygen atoms in total. The molecule has 25 heavy (non-hydrogen) atoms. The molecule has 1 aliphatic rings. The lowest BCUT2D eigenvalue weighted by Crippen LogP contribution is -2.31. The van der Waals surface area contributed by atoms with Crippen LogP contribution in [0.1, 0.15) is 28.8 Å². The molecule has 0 spiro atoms. The van der Waals surface area contributed by atoms with Gasteiger partial charge in [-0.1, -0.05) is 29.0 Å². The van der Waals surface area contributed by atoms with Crippen LogP contribution in [-0.2, 0) is 14.8 Å². The Balaban J connectivity index is 1.64. The van der Waals surface area contributed by atoms with Crippen molar-refractivity contribution in [2.24, 2.45) is 0 Å². The second-order valence-corrected chi connectivity index (χ2v) is 8.60. The predicted molar refractivity (Wildman–Crippen MR) is 93.2 cm³/mol. The highest BCUT2D eigenvalue weighted by Gasteiger charge is 2.24. The molecule has 2 N–H and O–H groups in total. The van der Waals surface area contributed by atoms with Gasteiger partial charge in [-0.3, -0.25) is 10.1 Å². The average molecular weight is 382 g/mol. The Bertz CT molecular complexity index is 860. The summed E-state index contributed by atoms with van der Waals surface area (Å²) < 4.78 is 32.1. The van der Waals surface area contributed by atoms with E-state index in [9.17, 15) is 13.2 Å². The van der Waals surface area contributed by atoms with E-state index in [1.807, 2.05) is 13.0 Å². The van der Waals surface area contributed by atoms with E-state index in [1.165, 1.54) is 0 Å². The van der Waals surface area contributed by atoms with Crippen molar-refractivity contribution in [2.75, 3.05) is 18.5 Å². The minimum atomic E-state index is -3.77. The Morgan fingerprint density at radius 2 is 2.24 bits per heavy atom. The first kappa shape index (κ1) is 17.9. The maximum absolute atomic E-state index is 12.2. The van der Waals surface area contributed by atoms with E-state index in [4.69, 9.17) is 4.74 Å². The number of aryl methyl sites for hydroxylation is 1. The number of carbonyl (C=O) groups is 1. The third kappa shape index (κ3) is 4.60. The highest BCUT2D eigenvalue weighted by Crippen LogP contribution is 2.21. The Kier molecular flexibility index (Phi) is 5.42. The number of hydrogen-bond donors (Lipinski definition) is 2. The number of amides is 1. The molecule has 0 bridgehead atoms. The summed E-state index contributed by atoms with van der Waals surface area (Å²) in [7, 11) is -3.77. The van der Waals surface area contributed by atoms with Gasteiger partial charge in [-0.05, 0) is 31.9 Å². The van der Waals surface area contributed by atoms with E-state index in [-0.39, 0.29) is 28.0 Å². The summed E-state index contributed by atoms with van der Waals surface area (Å²) in [5, 5.41) is 10.1. The molecule has 1 atom stereocenters. The first-order valence-corrected chi connectivity index (χ1v) is 10.1. The normalized spacial score (nSPS) is 17.6. The SMILES string of the molecule is Cc1cccc(C(=O)Nc2nnc(S(=O)(=O)NC[C@H]3CCCO3)s2)c1. The van der Waals surface area contributed by atoms with Crippen molar-refractivity contribution in [3.8, 4) is 0 Å². The topological polar surface area (TPSA) is 110 Å². The highest BCUT2D eigenvalue weighted by molar-refractivity contribution is 7.91. The molecular formula is C15H18N4O4S2. The second kappa shape index (κ2) is 7.56. The summed E-state index contributed by atoms with van der Waals surface area (Å²) in [4.78, 5) is 12.2. The molecule has 0 saturated carbocycles. The molecule has 0 aliphatic carbocycles.